The Morgan fingerprint density at radius 2 is 1.85 bits per heavy atom. The van der Waals surface area contributed by atoms with Crippen molar-refractivity contribution in [2.75, 3.05) is 0 Å². The van der Waals surface area contributed by atoms with Crippen LogP contribution in [0.5, 0.6) is 0 Å². The van der Waals surface area contributed by atoms with Crippen molar-refractivity contribution >= 4 is 12.2 Å². The van der Waals surface area contributed by atoms with E-state index in [-0.39, 0.29) is 5.54 Å². The second-order valence-corrected chi connectivity index (χ2v) is 6.38. The minimum absolute atomic E-state index is 0.0438. The van der Waals surface area contributed by atoms with Crippen LogP contribution in [0.1, 0.15) is 26.3 Å². The summed E-state index contributed by atoms with van der Waals surface area (Å²) in [7, 11) is 1.92. The molecule has 0 saturated heterocycles. The van der Waals surface area contributed by atoms with Crippen LogP contribution in [0.25, 0.3) is 0 Å². The van der Waals surface area contributed by atoms with E-state index in [1.54, 1.807) is 6.33 Å². The lowest BCUT2D eigenvalue weighted by Gasteiger charge is -2.35. The Balaban J connectivity index is 2.21. The number of rotatable bonds is 4. The fraction of sp³-hybridized carbons (Fsp3) is 0.467. The molecule has 0 atom stereocenters. The van der Waals surface area contributed by atoms with E-state index in [0.29, 0.717) is 6.67 Å². The molecule has 1 aromatic heterocycles. The van der Waals surface area contributed by atoms with Crippen LogP contribution in [0.3, 0.4) is 0 Å². The lowest BCUT2D eigenvalue weighted by Crippen LogP contribution is -2.42. The first-order valence-corrected chi connectivity index (χ1v) is 7.16. The molecule has 20 heavy (non-hydrogen) atoms. The van der Waals surface area contributed by atoms with Gasteiger partial charge in [0.25, 0.3) is 0 Å². The zero-order chi connectivity index (χ0) is 14.8. The van der Waals surface area contributed by atoms with E-state index in [9.17, 15) is 0 Å². The van der Waals surface area contributed by atoms with Crippen molar-refractivity contribution in [3.8, 4) is 0 Å². The summed E-state index contributed by atoms with van der Waals surface area (Å²) in [5, 5.41) is 4.34. The largest absolute Gasteiger partial charge is 0.310 e. The highest BCUT2D eigenvalue weighted by Crippen LogP contribution is 2.18. The van der Waals surface area contributed by atoms with Crippen molar-refractivity contribution in [3.63, 3.8) is 0 Å². The Morgan fingerprint density at radius 1 is 1.20 bits per heavy atom. The Morgan fingerprint density at radius 3 is 2.35 bits per heavy atom. The van der Waals surface area contributed by atoms with Crippen LogP contribution in [0, 0.1) is 4.77 Å². The van der Waals surface area contributed by atoms with Crippen LogP contribution in [0.4, 0.5) is 0 Å². The molecule has 0 aliphatic heterocycles. The van der Waals surface area contributed by atoms with Crippen molar-refractivity contribution in [2.24, 2.45) is 7.05 Å². The number of aryl methyl sites for hydroxylation is 1. The molecule has 0 radical (unpaired) electrons. The van der Waals surface area contributed by atoms with Crippen molar-refractivity contribution in [2.45, 2.75) is 39.5 Å². The molecule has 1 heterocycles. The monoisotopic (exact) mass is 290 g/mol. The molecule has 0 amide bonds. The van der Waals surface area contributed by atoms with E-state index in [1.807, 2.05) is 22.4 Å². The maximum absolute atomic E-state index is 5.37. The average Bonchev–Trinajstić information content (AvgIpc) is 2.70. The Kier molecular flexibility index (Phi) is 4.40. The fourth-order valence-corrected chi connectivity index (χ4v) is 2.13. The molecular formula is C15H22N4S. The van der Waals surface area contributed by atoms with Gasteiger partial charge >= 0.3 is 0 Å². The normalized spacial score (nSPS) is 12.1. The van der Waals surface area contributed by atoms with Crippen molar-refractivity contribution < 1.29 is 0 Å². The molecule has 0 N–H and O–H groups in total. The summed E-state index contributed by atoms with van der Waals surface area (Å²) in [6, 6.07) is 10.5. The summed E-state index contributed by atoms with van der Waals surface area (Å²) < 4.78 is 4.47. The van der Waals surface area contributed by atoms with Crippen molar-refractivity contribution in [1.82, 2.24) is 19.2 Å². The molecule has 5 heteroatoms. The highest BCUT2D eigenvalue weighted by atomic mass is 32.1. The maximum Gasteiger partial charge on any atom is 0.198 e. The molecule has 2 rings (SSSR count). The summed E-state index contributed by atoms with van der Waals surface area (Å²) in [6.07, 6.45) is 1.76. The molecule has 0 aliphatic rings. The summed E-state index contributed by atoms with van der Waals surface area (Å²) in [5.74, 6) is 0. The third kappa shape index (κ3) is 3.55. The average molecular weight is 290 g/mol. The van der Waals surface area contributed by atoms with Gasteiger partial charge in [0, 0.05) is 19.1 Å². The van der Waals surface area contributed by atoms with Gasteiger partial charge in [0.15, 0.2) is 4.77 Å². The quantitative estimate of drug-likeness (QED) is 0.809. The Labute approximate surface area is 125 Å². The SMILES string of the molecule is Cn1cnn(CN(Cc2ccccc2)C(C)(C)C)c1=S. The van der Waals surface area contributed by atoms with Gasteiger partial charge in [-0.05, 0) is 38.6 Å². The zero-order valence-corrected chi connectivity index (χ0v) is 13.4. The van der Waals surface area contributed by atoms with Crippen LogP contribution in [0.15, 0.2) is 36.7 Å². The van der Waals surface area contributed by atoms with Gasteiger partial charge in [-0.1, -0.05) is 30.3 Å². The third-order valence-corrected chi connectivity index (χ3v) is 3.86. The minimum Gasteiger partial charge on any atom is -0.310 e. The van der Waals surface area contributed by atoms with E-state index in [0.717, 1.165) is 11.3 Å². The number of benzene rings is 1. The van der Waals surface area contributed by atoms with Gasteiger partial charge in [0.2, 0.25) is 0 Å². The molecule has 0 bridgehead atoms. The maximum atomic E-state index is 5.37. The predicted octanol–water partition coefficient (Wildman–Crippen LogP) is 3.21. The highest BCUT2D eigenvalue weighted by molar-refractivity contribution is 7.71. The van der Waals surface area contributed by atoms with Gasteiger partial charge in [-0.25, -0.2) is 4.68 Å². The number of hydrogen-bond donors (Lipinski definition) is 0. The number of hydrogen-bond acceptors (Lipinski definition) is 3. The minimum atomic E-state index is 0.0438. The van der Waals surface area contributed by atoms with Gasteiger partial charge in [-0.15, -0.1) is 0 Å². The van der Waals surface area contributed by atoms with Crippen LogP contribution in [-0.4, -0.2) is 24.8 Å². The number of aromatic nitrogens is 3. The first-order chi connectivity index (χ1) is 9.38. The van der Waals surface area contributed by atoms with Gasteiger partial charge in [-0.2, -0.15) is 5.10 Å². The molecule has 0 unspecified atom stereocenters. The van der Waals surface area contributed by atoms with Crippen LogP contribution in [0.2, 0.25) is 0 Å². The summed E-state index contributed by atoms with van der Waals surface area (Å²) in [4.78, 5) is 2.37. The van der Waals surface area contributed by atoms with E-state index in [4.69, 9.17) is 12.2 Å². The van der Waals surface area contributed by atoms with E-state index >= 15 is 0 Å². The van der Waals surface area contributed by atoms with Crippen molar-refractivity contribution in [1.29, 1.82) is 0 Å². The molecule has 0 spiro atoms. The molecule has 0 saturated carbocycles. The van der Waals surface area contributed by atoms with E-state index in [2.05, 4.69) is 55.0 Å². The van der Waals surface area contributed by atoms with Crippen molar-refractivity contribution in [3.05, 3.63) is 47.0 Å². The topological polar surface area (TPSA) is 26.0 Å². The third-order valence-electron chi connectivity index (χ3n) is 3.36. The first-order valence-electron chi connectivity index (χ1n) is 6.75. The number of nitrogens with zero attached hydrogens (tertiary/aromatic N) is 4. The smallest absolute Gasteiger partial charge is 0.198 e. The molecule has 108 valence electrons. The molecule has 1 aromatic carbocycles. The van der Waals surface area contributed by atoms with Gasteiger partial charge in [0.1, 0.15) is 6.33 Å². The lowest BCUT2D eigenvalue weighted by molar-refractivity contribution is 0.0817. The fourth-order valence-electron chi connectivity index (χ4n) is 1.98. The highest BCUT2D eigenvalue weighted by Gasteiger charge is 2.22. The Hall–Kier alpha value is -1.46. The zero-order valence-electron chi connectivity index (χ0n) is 12.6. The van der Waals surface area contributed by atoms with E-state index < -0.39 is 0 Å². The van der Waals surface area contributed by atoms with Crippen LogP contribution in [-0.2, 0) is 20.3 Å². The lowest BCUT2D eigenvalue weighted by atomic mass is 10.1. The summed E-state index contributed by atoms with van der Waals surface area (Å²) in [5.41, 5.74) is 1.34. The molecular weight excluding hydrogens is 268 g/mol. The summed E-state index contributed by atoms with van der Waals surface area (Å²) >= 11 is 5.37. The second-order valence-electron chi connectivity index (χ2n) is 6.02. The molecule has 0 aliphatic carbocycles. The van der Waals surface area contributed by atoms with Crippen LogP contribution >= 0.6 is 12.2 Å². The standard InChI is InChI=1S/C15H22N4S/c1-15(2,3)18(10-13-8-6-5-7-9-13)12-19-14(20)17(4)11-16-19/h5-9,11H,10,12H2,1-4H3. The molecule has 0 fully saturated rings. The van der Waals surface area contributed by atoms with Gasteiger partial charge in [-0.3, -0.25) is 4.90 Å². The van der Waals surface area contributed by atoms with E-state index in [1.165, 1.54) is 5.56 Å². The van der Waals surface area contributed by atoms with Gasteiger partial charge < -0.3 is 4.57 Å². The first kappa shape index (κ1) is 14.9. The van der Waals surface area contributed by atoms with Gasteiger partial charge in [0.05, 0.1) is 6.67 Å². The Bertz CT molecular complexity index is 607. The predicted molar refractivity (Wildman–Crippen MR) is 83.8 cm³/mol. The molecule has 2 aromatic rings. The molecule has 4 nitrogen and oxygen atoms in total. The second kappa shape index (κ2) is 5.89. The van der Waals surface area contributed by atoms with Crippen LogP contribution < -0.4 is 0 Å². The summed E-state index contributed by atoms with van der Waals surface area (Å²) in [6.45, 7) is 8.20.